The maximum absolute atomic E-state index is 11.6. The number of aromatic nitrogens is 2. The van der Waals surface area contributed by atoms with Crippen LogP contribution in [0.5, 0.6) is 0 Å². The maximum atomic E-state index is 11.6. The molecule has 2 aromatic rings. The van der Waals surface area contributed by atoms with Crippen LogP contribution in [0.15, 0.2) is 46.9 Å². The number of hydrogen-bond donors (Lipinski definition) is 1. The molecule has 1 aromatic carbocycles. The fourth-order valence-corrected chi connectivity index (χ4v) is 2.85. The standard InChI is InChI=1S/C14H14N4O2S/c1-21(20)14-15-8-9-18(14)11-4-2-10(3-5-11)12-6-7-13(19)17-16-12/h2-5,8-9H,6-7H2,1H3,(H,17,19). The largest absolute Gasteiger partial charge is 0.293 e. The van der Waals surface area contributed by atoms with Crippen molar-refractivity contribution < 1.29 is 9.00 Å². The minimum atomic E-state index is -1.14. The molecule has 0 spiro atoms. The first-order chi connectivity index (χ1) is 10.1. The Balaban J connectivity index is 1.89. The van der Waals surface area contributed by atoms with Gasteiger partial charge in [-0.15, -0.1) is 0 Å². The summed E-state index contributed by atoms with van der Waals surface area (Å²) in [6.45, 7) is 0. The summed E-state index contributed by atoms with van der Waals surface area (Å²) < 4.78 is 13.4. The molecule has 1 N–H and O–H groups in total. The van der Waals surface area contributed by atoms with Gasteiger partial charge in [-0.2, -0.15) is 5.10 Å². The summed E-state index contributed by atoms with van der Waals surface area (Å²) >= 11 is 0. The molecule has 21 heavy (non-hydrogen) atoms. The minimum Gasteiger partial charge on any atom is -0.293 e. The van der Waals surface area contributed by atoms with E-state index in [4.69, 9.17) is 0 Å². The van der Waals surface area contributed by atoms with Crippen LogP contribution in [0.3, 0.4) is 0 Å². The normalized spacial score (nSPS) is 16.2. The van der Waals surface area contributed by atoms with Crippen LogP contribution in [0.2, 0.25) is 0 Å². The molecule has 1 aliphatic rings. The lowest BCUT2D eigenvalue weighted by Crippen LogP contribution is -2.25. The minimum absolute atomic E-state index is 0.0520. The fourth-order valence-electron chi connectivity index (χ4n) is 2.20. The van der Waals surface area contributed by atoms with Crippen molar-refractivity contribution in [3.63, 3.8) is 0 Å². The lowest BCUT2D eigenvalue weighted by molar-refractivity contribution is -0.121. The number of rotatable bonds is 3. The van der Waals surface area contributed by atoms with Crippen LogP contribution in [-0.4, -0.2) is 31.6 Å². The van der Waals surface area contributed by atoms with Gasteiger partial charge in [-0.25, -0.2) is 10.4 Å². The van der Waals surface area contributed by atoms with Gasteiger partial charge in [0.25, 0.3) is 0 Å². The number of nitrogens with zero attached hydrogens (tertiary/aromatic N) is 3. The number of hydrogen-bond acceptors (Lipinski definition) is 4. The second-order valence-electron chi connectivity index (χ2n) is 4.67. The summed E-state index contributed by atoms with van der Waals surface area (Å²) in [5.74, 6) is -0.0520. The van der Waals surface area contributed by atoms with E-state index in [1.807, 2.05) is 24.3 Å². The van der Waals surface area contributed by atoms with Crippen molar-refractivity contribution in [1.82, 2.24) is 15.0 Å². The molecule has 0 saturated carbocycles. The van der Waals surface area contributed by atoms with E-state index in [9.17, 15) is 9.00 Å². The number of nitrogens with one attached hydrogen (secondary N) is 1. The summed E-state index contributed by atoms with van der Waals surface area (Å²) in [4.78, 5) is 15.2. The SMILES string of the molecule is CS(=O)c1nccn1-c1ccc(C2=NNC(=O)CC2)cc1. The molecule has 108 valence electrons. The second kappa shape index (κ2) is 5.61. The zero-order valence-corrected chi connectivity index (χ0v) is 12.3. The van der Waals surface area contributed by atoms with Crippen molar-refractivity contribution in [3.05, 3.63) is 42.2 Å². The van der Waals surface area contributed by atoms with Crippen LogP contribution >= 0.6 is 0 Å². The van der Waals surface area contributed by atoms with Crippen LogP contribution in [-0.2, 0) is 15.6 Å². The number of amides is 1. The Hall–Kier alpha value is -2.28. The summed E-state index contributed by atoms with van der Waals surface area (Å²) in [6, 6.07) is 7.72. The summed E-state index contributed by atoms with van der Waals surface area (Å²) in [5, 5.41) is 4.59. The van der Waals surface area contributed by atoms with Gasteiger partial charge < -0.3 is 0 Å². The Bertz CT molecular complexity index is 734. The van der Waals surface area contributed by atoms with Gasteiger partial charge in [-0.1, -0.05) is 12.1 Å². The van der Waals surface area contributed by atoms with Gasteiger partial charge in [0.1, 0.15) is 0 Å². The molecule has 3 rings (SSSR count). The molecule has 0 aliphatic carbocycles. The van der Waals surface area contributed by atoms with E-state index in [1.54, 1.807) is 23.2 Å². The third-order valence-electron chi connectivity index (χ3n) is 3.25. The summed E-state index contributed by atoms with van der Waals surface area (Å²) in [5.41, 5.74) is 5.22. The van der Waals surface area contributed by atoms with Crippen molar-refractivity contribution in [2.75, 3.05) is 6.26 Å². The first-order valence-electron chi connectivity index (χ1n) is 6.48. The van der Waals surface area contributed by atoms with Crippen LogP contribution in [0.1, 0.15) is 18.4 Å². The summed E-state index contributed by atoms with van der Waals surface area (Å²) in [6.07, 6.45) is 6.11. The van der Waals surface area contributed by atoms with Crippen molar-refractivity contribution in [2.24, 2.45) is 5.10 Å². The maximum Gasteiger partial charge on any atom is 0.240 e. The van der Waals surface area contributed by atoms with E-state index >= 15 is 0 Å². The lowest BCUT2D eigenvalue weighted by atomic mass is 10.0. The van der Waals surface area contributed by atoms with Gasteiger partial charge in [-0.05, 0) is 17.7 Å². The Labute approximate surface area is 124 Å². The quantitative estimate of drug-likeness (QED) is 0.926. The molecular weight excluding hydrogens is 288 g/mol. The molecule has 1 aromatic heterocycles. The van der Waals surface area contributed by atoms with E-state index < -0.39 is 10.8 Å². The number of benzene rings is 1. The Morgan fingerprint density at radius 3 is 2.62 bits per heavy atom. The smallest absolute Gasteiger partial charge is 0.240 e. The zero-order chi connectivity index (χ0) is 14.8. The highest BCUT2D eigenvalue weighted by Crippen LogP contribution is 2.16. The molecule has 1 aliphatic heterocycles. The summed E-state index contributed by atoms with van der Waals surface area (Å²) in [7, 11) is -1.14. The van der Waals surface area contributed by atoms with Crippen molar-refractivity contribution >= 4 is 22.4 Å². The van der Waals surface area contributed by atoms with Crippen molar-refractivity contribution in [2.45, 2.75) is 18.0 Å². The van der Waals surface area contributed by atoms with Crippen LogP contribution < -0.4 is 5.43 Å². The van der Waals surface area contributed by atoms with Gasteiger partial charge in [-0.3, -0.25) is 13.6 Å². The monoisotopic (exact) mass is 302 g/mol. The highest BCUT2D eigenvalue weighted by Gasteiger charge is 2.14. The van der Waals surface area contributed by atoms with Gasteiger partial charge in [0.2, 0.25) is 11.1 Å². The zero-order valence-electron chi connectivity index (χ0n) is 11.4. The Kier molecular flexibility index (Phi) is 3.66. The molecule has 7 heteroatoms. The van der Waals surface area contributed by atoms with Crippen LogP contribution in [0, 0.1) is 0 Å². The third-order valence-corrected chi connectivity index (χ3v) is 4.06. The van der Waals surface area contributed by atoms with Gasteiger partial charge in [0, 0.05) is 37.2 Å². The molecule has 1 unspecified atom stereocenters. The van der Waals surface area contributed by atoms with Crippen LogP contribution in [0.25, 0.3) is 5.69 Å². The predicted octanol–water partition coefficient (Wildman–Crippen LogP) is 1.22. The van der Waals surface area contributed by atoms with Gasteiger partial charge in [0.05, 0.1) is 16.5 Å². The molecule has 0 saturated heterocycles. The topological polar surface area (TPSA) is 76.3 Å². The predicted molar refractivity (Wildman–Crippen MR) is 79.8 cm³/mol. The number of carbonyl (C=O) groups is 1. The van der Waals surface area contributed by atoms with Crippen molar-refractivity contribution in [3.8, 4) is 5.69 Å². The first kappa shape index (κ1) is 13.7. The average Bonchev–Trinajstić information content (AvgIpc) is 2.98. The van der Waals surface area contributed by atoms with E-state index in [-0.39, 0.29) is 5.91 Å². The van der Waals surface area contributed by atoms with Gasteiger partial charge in [0.15, 0.2) is 0 Å². The highest BCUT2D eigenvalue weighted by molar-refractivity contribution is 7.84. The molecule has 0 bridgehead atoms. The molecule has 1 amide bonds. The molecule has 0 radical (unpaired) electrons. The second-order valence-corrected chi connectivity index (χ2v) is 5.95. The Morgan fingerprint density at radius 1 is 1.24 bits per heavy atom. The van der Waals surface area contributed by atoms with E-state index in [2.05, 4.69) is 15.5 Å². The fraction of sp³-hybridized carbons (Fsp3) is 0.214. The lowest BCUT2D eigenvalue weighted by Gasteiger charge is -2.13. The molecule has 0 fully saturated rings. The van der Waals surface area contributed by atoms with Gasteiger partial charge >= 0.3 is 0 Å². The van der Waals surface area contributed by atoms with E-state index in [0.29, 0.717) is 18.0 Å². The number of carbonyl (C=O) groups excluding carboxylic acids is 1. The Morgan fingerprint density at radius 2 is 2.00 bits per heavy atom. The van der Waals surface area contributed by atoms with Crippen molar-refractivity contribution in [1.29, 1.82) is 0 Å². The molecule has 2 heterocycles. The van der Waals surface area contributed by atoms with E-state index in [0.717, 1.165) is 17.0 Å². The molecule has 1 atom stereocenters. The molecular formula is C14H14N4O2S. The first-order valence-corrected chi connectivity index (χ1v) is 8.04. The number of imidazole rings is 1. The van der Waals surface area contributed by atoms with E-state index in [1.165, 1.54) is 0 Å². The molecule has 6 nitrogen and oxygen atoms in total. The highest BCUT2D eigenvalue weighted by atomic mass is 32.2. The third kappa shape index (κ3) is 2.78. The average molecular weight is 302 g/mol. The van der Waals surface area contributed by atoms with Crippen LogP contribution in [0.4, 0.5) is 0 Å². The number of hydrazone groups is 1.